The van der Waals surface area contributed by atoms with Crippen molar-refractivity contribution in [2.24, 2.45) is 5.92 Å². The zero-order valence-electron chi connectivity index (χ0n) is 13.7. The lowest BCUT2D eigenvalue weighted by atomic mass is 10.1. The molecule has 2 aliphatic rings. The molecular weight excluding hydrogens is 328 g/mol. The molecule has 2 aliphatic heterocycles. The van der Waals surface area contributed by atoms with Crippen LogP contribution in [-0.2, 0) is 4.74 Å². The maximum Gasteiger partial charge on any atom is 0.251 e. The van der Waals surface area contributed by atoms with Crippen LogP contribution in [0.4, 0.5) is 5.69 Å². The SMILES string of the molecule is C[C@H]1CN(C#N)C[C@@H]1NC(=O)c1ccc(N2CCOCC2)c(Cl)c1. The maximum absolute atomic E-state index is 12.5. The third-order valence-corrected chi connectivity index (χ3v) is 4.93. The number of likely N-dealkylation sites (tertiary alicyclic amines) is 1. The van der Waals surface area contributed by atoms with E-state index in [0.717, 1.165) is 18.8 Å². The fourth-order valence-electron chi connectivity index (χ4n) is 3.20. The predicted octanol–water partition coefficient (Wildman–Crippen LogP) is 1.71. The van der Waals surface area contributed by atoms with Gasteiger partial charge in [0.2, 0.25) is 0 Å². The van der Waals surface area contributed by atoms with E-state index >= 15 is 0 Å². The van der Waals surface area contributed by atoms with Crippen LogP contribution in [0.2, 0.25) is 5.02 Å². The van der Waals surface area contributed by atoms with Crippen LogP contribution < -0.4 is 10.2 Å². The maximum atomic E-state index is 12.5. The molecule has 6 nitrogen and oxygen atoms in total. The van der Waals surface area contributed by atoms with Crippen molar-refractivity contribution in [1.82, 2.24) is 10.2 Å². The molecule has 0 bridgehead atoms. The van der Waals surface area contributed by atoms with Crippen molar-refractivity contribution in [3.05, 3.63) is 28.8 Å². The van der Waals surface area contributed by atoms with Crippen LogP contribution >= 0.6 is 11.6 Å². The molecule has 1 aromatic carbocycles. The third kappa shape index (κ3) is 3.58. The standard InChI is InChI=1S/C17H21ClN4O2/c1-12-9-21(11-19)10-15(12)20-17(23)13-2-3-16(14(18)8-13)22-4-6-24-7-5-22/h2-3,8,12,15H,4-7,9-10H2,1H3,(H,20,23)/t12-,15-/m0/s1. The molecule has 1 N–H and O–H groups in total. The van der Waals surface area contributed by atoms with E-state index in [0.29, 0.717) is 36.9 Å². The highest BCUT2D eigenvalue weighted by atomic mass is 35.5. The molecule has 7 heteroatoms. The van der Waals surface area contributed by atoms with Crippen molar-refractivity contribution in [3.8, 4) is 6.19 Å². The molecule has 3 rings (SSSR count). The minimum Gasteiger partial charge on any atom is -0.378 e. The Balaban J connectivity index is 1.67. The van der Waals surface area contributed by atoms with Gasteiger partial charge in [0.1, 0.15) is 0 Å². The number of morpholine rings is 1. The zero-order chi connectivity index (χ0) is 17.1. The van der Waals surface area contributed by atoms with Gasteiger partial charge in [-0.25, -0.2) is 0 Å². The quantitative estimate of drug-likeness (QED) is 0.842. The summed E-state index contributed by atoms with van der Waals surface area (Å²) in [5.74, 6) is 0.0961. The first-order valence-corrected chi connectivity index (χ1v) is 8.54. The molecule has 2 atom stereocenters. The van der Waals surface area contributed by atoms with E-state index in [-0.39, 0.29) is 17.9 Å². The number of carbonyl (C=O) groups is 1. The van der Waals surface area contributed by atoms with E-state index in [1.807, 2.05) is 13.0 Å². The number of benzene rings is 1. The Morgan fingerprint density at radius 2 is 2.12 bits per heavy atom. The number of ether oxygens (including phenoxy) is 1. The van der Waals surface area contributed by atoms with Gasteiger partial charge in [-0.2, -0.15) is 5.26 Å². The molecule has 2 saturated heterocycles. The van der Waals surface area contributed by atoms with Crippen LogP contribution in [0.1, 0.15) is 17.3 Å². The van der Waals surface area contributed by atoms with E-state index in [1.165, 1.54) is 0 Å². The molecule has 0 radical (unpaired) electrons. The van der Waals surface area contributed by atoms with Gasteiger partial charge < -0.3 is 19.9 Å². The van der Waals surface area contributed by atoms with Crippen LogP contribution in [0.15, 0.2) is 18.2 Å². The van der Waals surface area contributed by atoms with Crippen molar-refractivity contribution in [3.63, 3.8) is 0 Å². The molecule has 0 spiro atoms. The second-order valence-electron chi connectivity index (χ2n) is 6.33. The van der Waals surface area contributed by atoms with E-state index in [4.69, 9.17) is 21.6 Å². The van der Waals surface area contributed by atoms with Gasteiger partial charge in [0.05, 0.1) is 30.0 Å². The van der Waals surface area contributed by atoms with Crippen molar-refractivity contribution < 1.29 is 9.53 Å². The molecule has 2 fully saturated rings. The molecule has 2 heterocycles. The van der Waals surface area contributed by atoms with Gasteiger partial charge >= 0.3 is 0 Å². The van der Waals surface area contributed by atoms with E-state index in [2.05, 4.69) is 16.4 Å². The lowest BCUT2D eigenvalue weighted by Crippen LogP contribution is -2.39. The summed E-state index contributed by atoms with van der Waals surface area (Å²) >= 11 is 6.38. The van der Waals surface area contributed by atoms with E-state index < -0.39 is 0 Å². The highest BCUT2D eigenvalue weighted by Crippen LogP contribution is 2.28. The summed E-state index contributed by atoms with van der Waals surface area (Å²) in [7, 11) is 0. The Morgan fingerprint density at radius 3 is 2.75 bits per heavy atom. The molecule has 24 heavy (non-hydrogen) atoms. The van der Waals surface area contributed by atoms with E-state index in [1.54, 1.807) is 17.0 Å². The minimum atomic E-state index is -0.151. The van der Waals surface area contributed by atoms with Gasteiger partial charge in [-0.3, -0.25) is 4.79 Å². The van der Waals surface area contributed by atoms with Crippen molar-refractivity contribution >= 4 is 23.2 Å². The summed E-state index contributed by atoms with van der Waals surface area (Å²) < 4.78 is 5.35. The van der Waals surface area contributed by atoms with Gasteiger partial charge in [-0.05, 0) is 24.1 Å². The largest absolute Gasteiger partial charge is 0.378 e. The second kappa shape index (κ2) is 7.29. The average Bonchev–Trinajstić information content (AvgIpc) is 2.95. The Kier molecular flexibility index (Phi) is 5.12. The van der Waals surface area contributed by atoms with Gasteiger partial charge in [0.15, 0.2) is 6.19 Å². The van der Waals surface area contributed by atoms with Crippen LogP contribution in [0, 0.1) is 17.4 Å². The topological polar surface area (TPSA) is 68.6 Å². The first-order chi connectivity index (χ1) is 11.6. The Bertz CT molecular complexity index is 654. The lowest BCUT2D eigenvalue weighted by Gasteiger charge is -2.29. The monoisotopic (exact) mass is 348 g/mol. The predicted molar refractivity (Wildman–Crippen MR) is 92.1 cm³/mol. The smallest absolute Gasteiger partial charge is 0.251 e. The number of amides is 1. The first kappa shape index (κ1) is 16.9. The van der Waals surface area contributed by atoms with Crippen molar-refractivity contribution in [2.45, 2.75) is 13.0 Å². The number of hydrogen-bond donors (Lipinski definition) is 1. The van der Waals surface area contributed by atoms with Crippen LogP contribution in [0.5, 0.6) is 0 Å². The number of carbonyl (C=O) groups excluding carboxylic acids is 1. The second-order valence-corrected chi connectivity index (χ2v) is 6.74. The van der Waals surface area contributed by atoms with Crippen LogP contribution in [0.3, 0.4) is 0 Å². The fraction of sp³-hybridized carbons (Fsp3) is 0.529. The highest BCUT2D eigenvalue weighted by molar-refractivity contribution is 6.33. The molecular formula is C17H21ClN4O2. The lowest BCUT2D eigenvalue weighted by molar-refractivity contribution is 0.0932. The van der Waals surface area contributed by atoms with Crippen molar-refractivity contribution in [2.75, 3.05) is 44.3 Å². The van der Waals surface area contributed by atoms with Gasteiger partial charge in [-0.15, -0.1) is 0 Å². The Morgan fingerprint density at radius 1 is 1.38 bits per heavy atom. The van der Waals surface area contributed by atoms with Crippen LogP contribution in [0.25, 0.3) is 0 Å². The molecule has 0 aliphatic carbocycles. The number of halogens is 1. The number of nitrogens with one attached hydrogen (secondary N) is 1. The fourth-order valence-corrected chi connectivity index (χ4v) is 3.50. The number of nitriles is 1. The molecule has 1 aromatic rings. The Hall–Kier alpha value is -1.97. The zero-order valence-corrected chi connectivity index (χ0v) is 14.4. The van der Waals surface area contributed by atoms with Gasteiger partial charge in [0.25, 0.3) is 5.91 Å². The summed E-state index contributed by atoms with van der Waals surface area (Å²) in [4.78, 5) is 16.3. The number of anilines is 1. The molecule has 0 unspecified atom stereocenters. The highest BCUT2D eigenvalue weighted by Gasteiger charge is 2.30. The summed E-state index contributed by atoms with van der Waals surface area (Å²) in [5.41, 5.74) is 1.47. The van der Waals surface area contributed by atoms with Gasteiger partial charge in [0, 0.05) is 31.7 Å². The normalized spacial score (nSPS) is 23.9. The van der Waals surface area contributed by atoms with Crippen molar-refractivity contribution in [1.29, 1.82) is 5.26 Å². The van der Waals surface area contributed by atoms with E-state index in [9.17, 15) is 4.79 Å². The van der Waals surface area contributed by atoms with Crippen LogP contribution in [-0.4, -0.2) is 56.2 Å². The third-order valence-electron chi connectivity index (χ3n) is 4.63. The minimum absolute atomic E-state index is 0.0187. The molecule has 1 amide bonds. The molecule has 0 saturated carbocycles. The number of rotatable bonds is 3. The number of hydrogen-bond acceptors (Lipinski definition) is 5. The molecule has 0 aromatic heterocycles. The summed E-state index contributed by atoms with van der Waals surface area (Å²) in [5, 5.41) is 12.6. The average molecular weight is 349 g/mol. The Labute approximate surface area is 146 Å². The first-order valence-electron chi connectivity index (χ1n) is 8.16. The summed E-state index contributed by atoms with van der Waals surface area (Å²) in [6.07, 6.45) is 2.14. The summed E-state index contributed by atoms with van der Waals surface area (Å²) in [6.45, 7) is 6.25. The summed E-state index contributed by atoms with van der Waals surface area (Å²) in [6, 6.07) is 5.38. The van der Waals surface area contributed by atoms with Gasteiger partial charge in [-0.1, -0.05) is 18.5 Å². The molecule has 128 valence electrons. The number of nitrogens with zero attached hydrogens (tertiary/aromatic N) is 3.